The van der Waals surface area contributed by atoms with Crippen molar-refractivity contribution in [1.29, 1.82) is 0 Å². The molecule has 61 valence electrons. The van der Waals surface area contributed by atoms with E-state index in [4.69, 9.17) is 7.37 Å². The Morgan fingerprint density at radius 3 is 3.08 bits per heavy atom. The zero-order valence-electron chi connectivity index (χ0n) is 7.10. The van der Waals surface area contributed by atoms with Gasteiger partial charge in [0.1, 0.15) is 0 Å². The fraction of sp³-hybridized carbons (Fsp3) is 0.167. The van der Waals surface area contributed by atoms with Gasteiger partial charge in [-0.15, -0.1) is 0 Å². The van der Waals surface area contributed by atoms with E-state index in [0.29, 0.717) is 11.3 Å². The van der Waals surface area contributed by atoms with Crippen LogP contribution in [-0.2, 0) is 7.05 Å². The van der Waals surface area contributed by atoms with E-state index in [2.05, 4.69) is 20.2 Å². The van der Waals surface area contributed by atoms with Crippen LogP contribution >= 0.6 is 0 Å². The third-order valence-corrected chi connectivity index (χ3v) is 1.72. The molecule has 0 aliphatic heterocycles. The van der Waals surface area contributed by atoms with Crippen LogP contribution in [0.25, 0.3) is 11.2 Å². The molecule has 2 heterocycles. The number of aromatic nitrogens is 4. The van der Waals surface area contributed by atoms with Gasteiger partial charge in [-0.1, -0.05) is 0 Å². The minimum atomic E-state index is 0.619. The number of imidazole rings is 1. The van der Waals surface area contributed by atoms with Gasteiger partial charge < -0.3 is 0 Å². The summed E-state index contributed by atoms with van der Waals surface area (Å²) in [5.41, 5.74) is 1.49. The second kappa shape index (κ2) is 3.08. The van der Waals surface area contributed by atoms with E-state index < -0.39 is 0 Å². The molecule has 0 aromatic carbocycles. The Kier molecular flexibility index (Phi) is 1.92. The molecule has 0 spiro atoms. The Bertz CT molecular complexity index is 451. The van der Waals surface area contributed by atoms with Crippen molar-refractivity contribution in [3.63, 3.8) is 0 Å². The number of nitrogens with one attached hydrogen (secondary N) is 1. The van der Waals surface area contributed by atoms with Crippen molar-refractivity contribution in [2.75, 3.05) is 5.23 Å². The average molecular weight is 170 g/mol. The second-order valence-electron chi connectivity index (χ2n) is 2.56. The van der Waals surface area contributed by atoms with E-state index in [9.17, 15) is 0 Å². The molecule has 0 aliphatic rings. The van der Waals surface area contributed by atoms with E-state index in [-0.39, 0.29) is 0 Å². The molecule has 2 aromatic rings. The first-order chi connectivity index (χ1) is 6.33. The standard InChI is InChI=1S/C6H6B2N5/c1-13-3-11-4-5(12-8-7)9-2-10-6(4)13/h2-3H,1H3,(H,9,10,12). The number of aryl methyl sites for hydroxylation is 1. The van der Waals surface area contributed by atoms with Crippen molar-refractivity contribution in [2.24, 2.45) is 7.05 Å². The maximum absolute atomic E-state index is 5.23. The van der Waals surface area contributed by atoms with Crippen LogP contribution in [0.5, 0.6) is 0 Å². The van der Waals surface area contributed by atoms with Gasteiger partial charge in [-0.2, -0.15) is 0 Å². The van der Waals surface area contributed by atoms with E-state index in [1.165, 1.54) is 13.3 Å². The molecule has 0 fully saturated rings. The van der Waals surface area contributed by atoms with Gasteiger partial charge in [0.2, 0.25) is 0 Å². The number of rotatable bonds is 2. The fourth-order valence-electron chi connectivity index (χ4n) is 1.13. The third-order valence-electron chi connectivity index (χ3n) is 1.72. The molecule has 0 unspecified atom stereocenters. The quantitative estimate of drug-likeness (QED) is 0.615. The Labute approximate surface area is 76.5 Å². The van der Waals surface area contributed by atoms with Crippen molar-refractivity contribution in [1.82, 2.24) is 19.5 Å². The zero-order valence-corrected chi connectivity index (χ0v) is 7.10. The normalized spacial score (nSPS) is 9.85. The number of fused-ring (bicyclic) bond motifs is 1. The molecule has 5 nitrogen and oxygen atoms in total. The number of anilines is 1. The van der Waals surface area contributed by atoms with Crippen LogP contribution in [-0.4, -0.2) is 33.8 Å². The summed E-state index contributed by atoms with van der Waals surface area (Å²) in [6.07, 6.45) is 3.15. The summed E-state index contributed by atoms with van der Waals surface area (Å²) in [5.74, 6) is 0.619. The molecule has 13 heavy (non-hydrogen) atoms. The Balaban J connectivity index is 2.69. The Morgan fingerprint density at radius 2 is 2.31 bits per heavy atom. The van der Waals surface area contributed by atoms with Crippen molar-refractivity contribution >= 4 is 31.3 Å². The molecule has 2 aromatic heterocycles. The van der Waals surface area contributed by atoms with Crippen LogP contribution < -0.4 is 5.23 Å². The van der Waals surface area contributed by atoms with Gasteiger partial charge >= 0.3 is 75.7 Å². The fourth-order valence-corrected chi connectivity index (χ4v) is 1.13. The van der Waals surface area contributed by atoms with Crippen molar-refractivity contribution in [3.05, 3.63) is 12.7 Å². The predicted octanol–water partition coefficient (Wildman–Crippen LogP) is -0.522. The van der Waals surface area contributed by atoms with Crippen LogP contribution in [0.15, 0.2) is 12.7 Å². The SMILES string of the molecule is [B]=BNc1ncnc2c1ncn2C. The molecule has 7 heteroatoms. The molecule has 1 N–H and O–H groups in total. The Hall–Kier alpha value is -1.52. The molecule has 0 atom stereocenters. The number of nitrogens with zero attached hydrogens (tertiary/aromatic N) is 4. The van der Waals surface area contributed by atoms with Crippen LogP contribution in [0.2, 0.25) is 0 Å². The summed E-state index contributed by atoms with van der Waals surface area (Å²) in [4.78, 5) is 12.2. The van der Waals surface area contributed by atoms with Gasteiger partial charge in [0.15, 0.2) is 0 Å². The summed E-state index contributed by atoms with van der Waals surface area (Å²) < 4.78 is 1.82. The van der Waals surface area contributed by atoms with Gasteiger partial charge in [0.05, 0.1) is 0 Å². The topological polar surface area (TPSA) is 55.6 Å². The maximum atomic E-state index is 5.23. The van der Waals surface area contributed by atoms with Gasteiger partial charge in [-0.25, -0.2) is 0 Å². The summed E-state index contributed by atoms with van der Waals surface area (Å²) in [7, 11) is 7.10. The van der Waals surface area contributed by atoms with Crippen LogP contribution in [0.3, 0.4) is 0 Å². The van der Waals surface area contributed by atoms with Gasteiger partial charge in [0.25, 0.3) is 0 Å². The minimum absolute atomic E-state index is 0.619. The van der Waals surface area contributed by atoms with Gasteiger partial charge in [-0.3, -0.25) is 0 Å². The van der Waals surface area contributed by atoms with Crippen LogP contribution in [0, 0.1) is 0 Å². The molecule has 0 bridgehead atoms. The molecule has 2 rings (SSSR count). The number of hydrogen-bond donors (Lipinski definition) is 1. The molecular weight excluding hydrogens is 164 g/mol. The molecule has 0 aliphatic carbocycles. The second-order valence-corrected chi connectivity index (χ2v) is 2.56. The third kappa shape index (κ3) is 1.26. The zero-order chi connectivity index (χ0) is 9.26. The molecule has 1 radical (unpaired) electrons. The first-order valence-corrected chi connectivity index (χ1v) is 3.75. The van der Waals surface area contributed by atoms with E-state index in [1.54, 1.807) is 6.33 Å². The van der Waals surface area contributed by atoms with E-state index in [1.807, 2.05) is 11.6 Å². The molecule has 0 amide bonds. The molecular formula is C6H6B2N5. The molecule has 0 saturated carbocycles. The summed E-state index contributed by atoms with van der Waals surface area (Å²) in [6, 6.07) is 0. The number of hydrogen-bond acceptors (Lipinski definition) is 4. The predicted molar refractivity (Wildman–Crippen MR) is 51.4 cm³/mol. The monoisotopic (exact) mass is 170 g/mol. The van der Waals surface area contributed by atoms with E-state index in [0.717, 1.165) is 5.65 Å². The van der Waals surface area contributed by atoms with Crippen molar-refractivity contribution < 1.29 is 0 Å². The summed E-state index contributed by atoms with van der Waals surface area (Å²) in [5, 5.41) is 2.79. The first kappa shape index (κ1) is 8.10. The first-order valence-electron chi connectivity index (χ1n) is 3.75. The average Bonchev–Trinajstić information content (AvgIpc) is 2.50. The van der Waals surface area contributed by atoms with Gasteiger partial charge in [-0.05, 0) is 0 Å². The van der Waals surface area contributed by atoms with Crippen molar-refractivity contribution in [2.45, 2.75) is 0 Å². The van der Waals surface area contributed by atoms with E-state index >= 15 is 0 Å². The van der Waals surface area contributed by atoms with Crippen LogP contribution in [0.1, 0.15) is 0 Å². The summed E-state index contributed by atoms with van der Waals surface area (Å²) >= 11 is 0. The molecule has 0 saturated heterocycles. The van der Waals surface area contributed by atoms with Crippen molar-refractivity contribution in [3.8, 4) is 0 Å². The summed E-state index contributed by atoms with van der Waals surface area (Å²) in [6.45, 7) is 1.32. The van der Waals surface area contributed by atoms with Crippen LogP contribution in [0.4, 0.5) is 5.82 Å². The van der Waals surface area contributed by atoms with Gasteiger partial charge in [0, 0.05) is 0 Å². The Morgan fingerprint density at radius 1 is 1.46 bits per heavy atom.